The van der Waals surface area contributed by atoms with Gasteiger partial charge in [0.15, 0.2) is 0 Å². The highest BCUT2D eigenvalue weighted by Gasteiger charge is 2.29. The Balaban J connectivity index is 1.81. The summed E-state index contributed by atoms with van der Waals surface area (Å²) in [5, 5.41) is 0. The molecule has 1 atom stereocenters. The predicted molar refractivity (Wildman–Crippen MR) is 106 cm³/mol. The Kier molecular flexibility index (Phi) is 5.40. The zero-order chi connectivity index (χ0) is 19.8. The van der Waals surface area contributed by atoms with E-state index in [-0.39, 0.29) is 22.9 Å². The predicted octanol–water partition coefficient (Wildman–Crippen LogP) is 3.48. The van der Waals surface area contributed by atoms with Gasteiger partial charge in [0.1, 0.15) is 0 Å². The average Bonchev–Trinajstić information content (AvgIpc) is 3.10. The first-order valence-corrected chi connectivity index (χ1v) is 10.6. The lowest BCUT2D eigenvalue weighted by Crippen LogP contribution is -2.33. The fourth-order valence-corrected chi connectivity index (χ4v) is 4.86. The van der Waals surface area contributed by atoms with Gasteiger partial charge < -0.3 is 4.90 Å². The zero-order valence-corrected chi connectivity index (χ0v) is 17.0. The Hall–Kier alpha value is -2.18. The van der Waals surface area contributed by atoms with Crippen LogP contribution in [0.5, 0.6) is 0 Å². The summed E-state index contributed by atoms with van der Waals surface area (Å²) < 4.78 is 26.5. The average molecular weight is 387 g/mol. The van der Waals surface area contributed by atoms with Crippen LogP contribution in [0.25, 0.3) is 0 Å². The zero-order valence-electron chi connectivity index (χ0n) is 16.2. The Labute approximate surface area is 161 Å². The Morgan fingerprint density at radius 3 is 2.30 bits per heavy atom. The molecule has 1 amide bonds. The topological polar surface area (TPSA) is 57.7 Å². The van der Waals surface area contributed by atoms with E-state index in [1.54, 1.807) is 24.1 Å². The van der Waals surface area contributed by atoms with E-state index in [1.165, 1.54) is 27.6 Å². The summed E-state index contributed by atoms with van der Waals surface area (Å²) >= 11 is 0. The maximum absolute atomic E-state index is 12.9. The van der Waals surface area contributed by atoms with Crippen LogP contribution >= 0.6 is 0 Å². The number of rotatable bonds is 5. The van der Waals surface area contributed by atoms with E-state index in [1.807, 2.05) is 33.0 Å². The highest BCUT2D eigenvalue weighted by molar-refractivity contribution is 7.89. The summed E-state index contributed by atoms with van der Waals surface area (Å²) in [4.78, 5) is 14.9. The molecule has 0 saturated heterocycles. The number of amides is 1. The first-order chi connectivity index (χ1) is 12.7. The summed E-state index contributed by atoms with van der Waals surface area (Å²) in [6.45, 7) is 3.65. The van der Waals surface area contributed by atoms with Crippen LogP contribution in [0, 0.1) is 0 Å². The lowest BCUT2D eigenvalue weighted by Gasteiger charge is -2.26. The molecule has 6 heteroatoms. The molecule has 1 aliphatic rings. The third-order valence-electron chi connectivity index (χ3n) is 5.39. The minimum absolute atomic E-state index is 0.0594. The van der Waals surface area contributed by atoms with Gasteiger partial charge in [-0.3, -0.25) is 4.79 Å². The Bertz CT molecular complexity index is 936. The molecule has 0 fully saturated rings. The number of sulfonamides is 1. The second kappa shape index (κ2) is 7.44. The lowest BCUT2D eigenvalue weighted by atomic mass is 10.1. The van der Waals surface area contributed by atoms with Gasteiger partial charge >= 0.3 is 0 Å². The van der Waals surface area contributed by atoms with Crippen molar-refractivity contribution in [2.24, 2.45) is 0 Å². The third-order valence-corrected chi connectivity index (χ3v) is 7.44. The van der Waals surface area contributed by atoms with Crippen molar-refractivity contribution in [3.63, 3.8) is 0 Å². The van der Waals surface area contributed by atoms with Gasteiger partial charge in [0.05, 0.1) is 10.9 Å². The minimum atomic E-state index is -3.55. The summed E-state index contributed by atoms with van der Waals surface area (Å²) in [5.74, 6) is -0.0992. The number of carbonyl (C=O) groups is 1. The van der Waals surface area contributed by atoms with Crippen molar-refractivity contribution in [1.82, 2.24) is 9.21 Å². The molecule has 1 aliphatic carbocycles. The second-order valence-corrected chi connectivity index (χ2v) is 9.31. The highest BCUT2D eigenvalue weighted by Crippen LogP contribution is 2.35. The van der Waals surface area contributed by atoms with Crippen molar-refractivity contribution in [3.8, 4) is 0 Å². The first-order valence-electron chi connectivity index (χ1n) is 9.16. The van der Waals surface area contributed by atoms with Gasteiger partial charge in [-0.05, 0) is 62.1 Å². The van der Waals surface area contributed by atoms with Crippen molar-refractivity contribution in [1.29, 1.82) is 0 Å². The molecule has 0 saturated carbocycles. The molecule has 0 bridgehead atoms. The Morgan fingerprint density at radius 2 is 1.67 bits per heavy atom. The summed E-state index contributed by atoms with van der Waals surface area (Å²) in [5.41, 5.74) is 2.99. The van der Waals surface area contributed by atoms with Gasteiger partial charge in [-0.1, -0.05) is 24.3 Å². The molecule has 27 heavy (non-hydrogen) atoms. The van der Waals surface area contributed by atoms with E-state index in [9.17, 15) is 13.2 Å². The van der Waals surface area contributed by atoms with E-state index in [0.29, 0.717) is 5.56 Å². The van der Waals surface area contributed by atoms with Gasteiger partial charge in [0.2, 0.25) is 10.0 Å². The second-order valence-electron chi connectivity index (χ2n) is 7.31. The molecule has 0 heterocycles. The molecular weight excluding hydrogens is 360 g/mol. The summed E-state index contributed by atoms with van der Waals surface area (Å²) in [6, 6.07) is 14.4. The number of hydrogen-bond donors (Lipinski definition) is 0. The van der Waals surface area contributed by atoms with E-state index in [0.717, 1.165) is 12.8 Å². The van der Waals surface area contributed by atoms with Crippen molar-refractivity contribution < 1.29 is 13.2 Å². The molecule has 2 aromatic rings. The molecule has 0 N–H and O–H groups in total. The van der Waals surface area contributed by atoms with Crippen LogP contribution in [0.1, 0.15) is 47.8 Å². The smallest absolute Gasteiger partial charge is 0.254 e. The van der Waals surface area contributed by atoms with Crippen LogP contribution in [0.4, 0.5) is 0 Å². The highest BCUT2D eigenvalue weighted by atomic mass is 32.2. The number of fused-ring (bicyclic) bond motifs is 1. The fraction of sp³-hybridized carbons (Fsp3) is 0.381. The molecule has 0 aliphatic heterocycles. The lowest BCUT2D eigenvalue weighted by molar-refractivity contribution is 0.0730. The maximum Gasteiger partial charge on any atom is 0.254 e. The van der Waals surface area contributed by atoms with Crippen LogP contribution in [0.3, 0.4) is 0 Å². The number of hydrogen-bond acceptors (Lipinski definition) is 3. The van der Waals surface area contributed by atoms with Crippen LogP contribution < -0.4 is 0 Å². The first kappa shape index (κ1) is 19.6. The van der Waals surface area contributed by atoms with Crippen LogP contribution in [0.15, 0.2) is 53.4 Å². The Morgan fingerprint density at radius 1 is 1.04 bits per heavy atom. The van der Waals surface area contributed by atoms with Gasteiger partial charge in [0, 0.05) is 25.7 Å². The largest absolute Gasteiger partial charge is 0.335 e. The van der Waals surface area contributed by atoms with Gasteiger partial charge in [-0.15, -0.1) is 0 Å². The molecule has 2 aromatic carbocycles. The molecule has 0 aromatic heterocycles. The molecule has 0 radical (unpaired) electrons. The van der Waals surface area contributed by atoms with Gasteiger partial charge in [-0.25, -0.2) is 8.42 Å². The third kappa shape index (κ3) is 3.64. The molecule has 1 unspecified atom stereocenters. The number of benzene rings is 2. The van der Waals surface area contributed by atoms with Gasteiger partial charge in [-0.2, -0.15) is 4.31 Å². The van der Waals surface area contributed by atoms with Gasteiger partial charge in [0.25, 0.3) is 5.91 Å². The molecule has 3 rings (SSSR count). The van der Waals surface area contributed by atoms with Crippen LogP contribution in [0.2, 0.25) is 0 Å². The van der Waals surface area contributed by atoms with E-state index in [2.05, 4.69) is 12.1 Å². The van der Waals surface area contributed by atoms with Crippen molar-refractivity contribution in [2.45, 2.75) is 43.7 Å². The monoisotopic (exact) mass is 386 g/mol. The summed E-state index contributed by atoms with van der Waals surface area (Å²) in [6.07, 6.45) is 1.88. The quantitative estimate of drug-likeness (QED) is 0.791. The maximum atomic E-state index is 12.9. The number of carbonyl (C=O) groups excluding carboxylic acids is 1. The molecular formula is C21H26N2O3S. The molecule has 144 valence electrons. The van der Waals surface area contributed by atoms with E-state index in [4.69, 9.17) is 0 Å². The van der Waals surface area contributed by atoms with E-state index >= 15 is 0 Å². The summed E-state index contributed by atoms with van der Waals surface area (Å²) in [7, 11) is -0.176. The number of aryl methyl sites for hydroxylation is 1. The molecule has 5 nitrogen and oxygen atoms in total. The van der Waals surface area contributed by atoms with Crippen molar-refractivity contribution >= 4 is 15.9 Å². The van der Waals surface area contributed by atoms with Crippen LogP contribution in [-0.2, 0) is 16.4 Å². The van der Waals surface area contributed by atoms with Crippen molar-refractivity contribution in [3.05, 3.63) is 65.2 Å². The van der Waals surface area contributed by atoms with Crippen molar-refractivity contribution in [2.75, 3.05) is 14.1 Å². The fourth-order valence-electron chi connectivity index (χ4n) is 3.50. The standard InChI is InChI=1S/C21H26N2O3S/c1-15(2)23(4)27(25,26)18-12-9-17(10-13-18)21(24)22(3)20-14-11-16-7-5-6-8-19(16)20/h5-10,12-13,15,20H,11,14H2,1-4H3. The van der Waals surface area contributed by atoms with Crippen LogP contribution in [-0.4, -0.2) is 43.7 Å². The SMILES string of the molecule is CC(C)N(C)S(=O)(=O)c1ccc(C(=O)N(C)C2CCc3ccccc32)cc1. The normalized spacial score (nSPS) is 16.6. The number of nitrogens with zero attached hydrogens (tertiary/aromatic N) is 2. The minimum Gasteiger partial charge on any atom is -0.335 e. The van der Waals surface area contributed by atoms with E-state index < -0.39 is 10.0 Å². The molecule has 0 spiro atoms.